The molecule has 208 valence electrons. The summed E-state index contributed by atoms with van der Waals surface area (Å²) < 4.78 is 5.87. The molecular formula is C31H48O6. The van der Waals surface area contributed by atoms with Crippen molar-refractivity contribution >= 4 is 11.9 Å². The first kappa shape index (κ1) is 28.4. The monoisotopic (exact) mass is 516 g/mol. The Morgan fingerprint density at radius 2 is 1.70 bits per heavy atom. The van der Waals surface area contributed by atoms with Gasteiger partial charge in [0.05, 0.1) is 12.2 Å². The largest absolute Gasteiger partial charge is 0.478 e. The summed E-state index contributed by atoms with van der Waals surface area (Å²) in [6.07, 6.45) is 6.22. The van der Waals surface area contributed by atoms with Crippen molar-refractivity contribution < 1.29 is 29.6 Å². The van der Waals surface area contributed by atoms with Gasteiger partial charge in [-0.15, -0.1) is 0 Å². The van der Waals surface area contributed by atoms with Crippen LogP contribution in [0.4, 0.5) is 0 Å². The van der Waals surface area contributed by atoms with Crippen molar-refractivity contribution in [2.24, 2.45) is 39.9 Å². The molecule has 0 saturated heterocycles. The van der Waals surface area contributed by atoms with Gasteiger partial charge >= 0.3 is 11.9 Å². The molecule has 4 aliphatic carbocycles. The van der Waals surface area contributed by atoms with E-state index in [0.717, 1.165) is 36.8 Å². The molecule has 0 bridgehead atoms. The van der Waals surface area contributed by atoms with Gasteiger partial charge in [-0.1, -0.05) is 39.3 Å². The zero-order valence-corrected chi connectivity index (χ0v) is 23.8. The quantitative estimate of drug-likeness (QED) is 0.247. The van der Waals surface area contributed by atoms with Gasteiger partial charge in [-0.3, -0.25) is 4.79 Å². The third kappa shape index (κ3) is 4.40. The number of aliphatic carboxylic acids is 1. The van der Waals surface area contributed by atoms with Gasteiger partial charge in [0.15, 0.2) is 0 Å². The van der Waals surface area contributed by atoms with E-state index in [1.165, 1.54) is 6.92 Å². The van der Waals surface area contributed by atoms with E-state index in [2.05, 4.69) is 27.7 Å². The molecule has 0 aromatic rings. The number of hydrogen-bond donors (Lipinski definition) is 3. The number of hydrogen-bond acceptors (Lipinski definition) is 5. The van der Waals surface area contributed by atoms with Gasteiger partial charge in [-0.05, 0) is 111 Å². The van der Waals surface area contributed by atoms with Gasteiger partial charge in [0.25, 0.3) is 0 Å². The predicted octanol–water partition coefficient (Wildman–Crippen LogP) is 5.67. The number of carbonyl (C=O) groups is 2. The summed E-state index contributed by atoms with van der Waals surface area (Å²) in [7, 11) is 0. The minimum Gasteiger partial charge on any atom is -0.478 e. The highest BCUT2D eigenvalue weighted by molar-refractivity contribution is 5.88. The van der Waals surface area contributed by atoms with Crippen LogP contribution in [0.5, 0.6) is 0 Å². The summed E-state index contributed by atoms with van der Waals surface area (Å²) >= 11 is 0. The summed E-state index contributed by atoms with van der Waals surface area (Å²) in [5.74, 6) is -0.909. The Morgan fingerprint density at radius 1 is 1.03 bits per heavy atom. The molecule has 4 aliphatic rings. The zero-order chi connectivity index (χ0) is 27.5. The molecule has 37 heavy (non-hydrogen) atoms. The number of esters is 1. The molecule has 4 fully saturated rings. The van der Waals surface area contributed by atoms with Crippen LogP contribution >= 0.6 is 0 Å². The van der Waals surface area contributed by atoms with Gasteiger partial charge < -0.3 is 20.1 Å². The fraction of sp³-hybridized carbons (Fsp3) is 0.806. The van der Waals surface area contributed by atoms with Crippen molar-refractivity contribution in [3.8, 4) is 0 Å². The number of carbonyl (C=O) groups excluding carboxylic acids is 1. The maximum Gasteiger partial charge on any atom is 0.331 e. The molecule has 0 aromatic heterocycles. The molecular weight excluding hydrogens is 468 g/mol. The van der Waals surface area contributed by atoms with Crippen LogP contribution in [0, 0.1) is 39.9 Å². The Morgan fingerprint density at radius 3 is 2.30 bits per heavy atom. The summed E-state index contributed by atoms with van der Waals surface area (Å²) in [5, 5.41) is 32.9. The number of carboxylic acid groups (broad SMARTS) is 1. The van der Waals surface area contributed by atoms with Crippen molar-refractivity contribution in [2.45, 2.75) is 118 Å². The van der Waals surface area contributed by atoms with Gasteiger partial charge in [0.2, 0.25) is 0 Å². The van der Waals surface area contributed by atoms with Crippen LogP contribution in [-0.2, 0) is 14.3 Å². The maximum absolute atomic E-state index is 12.6. The van der Waals surface area contributed by atoms with Crippen LogP contribution < -0.4 is 0 Å². The maximum atomic E-state index is 12.6. The van der Waals surface area contributed by atoms with Gasteiger partial charge in [0.1, 0.15) is 6.10 Å². The lowest BCUT2D eigenvalue weighted by Crippen LogP contribution is -2.65. The van der Waals surface area contributed by atoms with Crippen LogP contribution in [0.25, 0.3) is 0 Å². The average Bonchev–Trinajstić information content (AvgIpc) is 3.05. The first-order valence-corrected chi connectivity index (χ1v) is 14.3. The SMILES string of the molecule is CC(=O)O[C@H]1C[C@@]2(C)[C@@H](C[C@@H](O)[C@H]3[C@@]4(C)CC[C@@H](O)[C@@H](C)C4CC[C@@]32C)C1=C(CCC=C(C)C)C(=O)O. The molecule has 0 aromatic carbocycles. The number of aliphatic hydroxyl groups excluding tert-OH is 2. The number of aliphatic hydroxyl groups is 2. The lowest BCUT2D eigenvalue weighted by Gasteiger charge is -2.69. The zero-order valence-electron chi connectivity index (χ0n) is 23.8. The van der Waals surface area contributed by atoms with Gasteiger partial charge in [-0.2, -0.15) is 0 Å². The van der Waals surface area contributed by atoms with Gasteiger partial charge in [-0.25, -0.2) is 4.79 Å². The van der Waals surface area contributed by atoms with Crippen molar-refractivity contribution in [1.29, 1.82) is 0 Å². The Labute approximate surface area is 222 Å². The fourth-order valence-electron chi connectivity index (χ4n) is 9.79. The second-order valence-corrected chi connectivity index (χ2v) is 13.6. The van der Waals surface area contributed by atoms with Crippen LogP contribution in [0.1, 0.15) is 99.8 Å². The molecule has 10 atom stereocenters. The number of ether oxygens (including phenoxy) is 1. The van der Waals surface area contributed by atoms with Crippen molar-refractivity contribution in [3.05, 3.63) is 22.8 Å². The van der Waals surface area contributed by atoms with E-state index < -0.39 is 24.1 Å². The van der Waals surface area contributed by atoms with E-state index in [1.54, 1.807) is 0 Å². The smallest absolute Gasteiger partial charge is 0.331 e. The third-order valence-electron chi connectivity index (χ3n) is 11.6. The third-order valence-corrected chi connectivity index (χ3v) is 11.6. The standard InChI is InChI=1S/C31H48O6/c1-17(2)9-8-10-20(28(35)36)26-22-15-24(34)27-29(5)13-12-23(33)18(3)21(29)11-14-30(27,6)31(22,7)16-25(26)37-19(4)32/h9,18,21-25,27,33-34H,8,10-16H2,1-7H3,(H,35,36)/t18-,21?,22-,23+,24+,25-,27-,29-,30-,31-/m0/s1. The van der Waals surface area contributed by atoms with E-state index in [1.807, 2.05) is 19.9 Å². The molecule has 0 spiro atoms. The lowest BCUT2D eigenvalue weighted by molar-refractivity contribution is -0.234. The number of rotatable bonds is 5. The predicted molar refractivity (Wildman–Crippen MR) is 143 cm³/mol. The second kappa shape index (κ2) is 9.82. The first-order valence-electron chi connectivity index (χ1n) is 14.3. The molecule has 0 radical (unpaired) electrons. The van der Waals surface area contributed by atoms with Crippen molar-refractivity contribution in [2.75, 3.05) is 0 Å². The molecule has 6 heteroatoms. The Bertz CT molecular complexity index is 994. The van der Waals surface area contributed by atoms with Crippen molar-refractivity contribution in [1.82, 2.24) is 0 Å². The lowest BCUT2D eigenvalue weighted by atomic mass is 9.36. The van der Waals surface area contributed by atoms with Gasteiger partial charge in [0, 0.05) is 12.5 Å². The number of allylic oxidation sites excluding steroid dienone is 2. The normalized spacial score (nSPS) is 46.2. The van der Waals surface area contributed by atoms with E-state index >= 15 is 0 Å². The van der Waals surface area contributed by atoms with E-state index in [-0.39, 0.29) is 40.1 Å². The van der Waals surface area contributed by atoms with E-state index in [9.17, 15) is 24.9 Å². The molecule has 1 unspecified atom stereocenters. The van der Waals surface area contributed by atoms with Crippen LogP contribution in [-0.4, -0.2) is 45.6 Å². The minimum atomic E-state index is -0.953. The molecule has 4 rings (SSSR count). The summed E-state index contributed by atoms with van der Waals surface area (Å²) in [4.78, 5) is 24.8. The minimum absolute atomic E-state index is 0.0474. The number of carboxylic acids is 1. The summed E-state index contributed by atoms with van der Waals surface area (Å²) in [6.45, 7) is 14.5. The summed E-state index contributed by atoms with van der Waals surface area (Å²) in [5.41, 5.74) is 1.57. The Kier molecular flexibility index (Phi) is 7.53. The topological polar surface area (TPSA) is 104 Å². The highest BCUT2D eigenvalue weighted by Crippen LogP contribution is 2.74. The van der Waals surface area contributed by atoms with E-state index in [0.29, 0.717) is 37.2 Å². The van der Waals surface area contributed by atoms with Crippen LogP contribution in [0.15, 0.2) is 22.8 Å². The Balaban J connectivity index is 1.82. The van der Waals surface area contributed by atoms with Crippen LogP contribution in [0.2, 0.25) is 0 Å². The molecule has 0 aliphatic heterocycles. The molecule has 0 amide bonds. The number of fused-ring (bicyclic) bond motifs is 5. The Hall–Kier alpha value is -1.66. The fourth-order valence-corrected chi connectivity index (χ4v) is 9.79. The van der Waals surface area contributed by atoms with Crippen LogP contribution in [0.3, 0.4) is 0 Å². The molecule has 3 N–H and O–H groups in total. The summed E-state index contributed by atoms with van der Waals surface area (Å²) in [6, 6.07) is 0. The molecule has 0 heterocycles. The first-order chi connectivity index (χ1) is 17.2. The highest BCUT2D eigenvalue weighted by atomic mass is 16.5. The highest BCUT2D eigenvalue weighted by Gasteiger charge is 2.70. The average molecular weight is 517 g/mol. The van der Waals surface area contributed by atoms with Crippen molar-refractivity contribution in [3.63, 3.8) is 0 Å². The molecule has 6 nitrogen and oxygen atoms in total. The molecule has 4 saturated carbocycles. The second-order valence-electron chi connectivity index (χ2n) is 13.6. The van der Waals surface area contributed by atoms with E-state index in [4.69, 9.17) is 4.74 Å².